The number of amides is 1. The number of aliphatic hydroxyl groups is 1. The molecular formula is C13H17N3O3S. The van der Waals surface area contributed by atoms with Gasteiger partial charge in [-0.05, 0) is 24.8 Å². The molecule has 0 fully saturated rings. The van der Waals surface area contributed by atoms with Gasteiger partial charge in [0.05, 0.1) is 0 Å². The van der Waals surface area contributed by atoms with Gasteiger partial charge in [-0.3, -0.25) is 4.79 Å². The topological polar surface area (TPSA) is 88.2 Å². The van der Waals surface area contributed by atoms with Crippen molar-refractivity contribution < 1.29 is 14.4 Å². The molecule has 1 amide bonds. The van der Waals surface area contributed by atoms with Crippen LogP contribution in [0.15, 0.2) is 21.3 Å². The van der Waals surface area contributed by atoms with Gasteiger partial charge >= 0.3 is 0 Å². The van der Waals surface area contributed by atoms with Gasteiger partial charge in [0.25, 0.3) is 0 Å². The molecule has 20 heavy (non-hydrogen) atoms. The number of nitrogens with one attached hydrogen (secondary N) is 1. The lowest BCUT2D eigenvalue weighted by atomic mass is 10.2. The van der Waals surface area contributed by atoms with Gasteiger partial charge in [-0.1, -0.05) is 5.16 Å². The minimum absolute atomic E-state index is 0.0310. The fraction of sp³-hybridized carbons (Fsp3) is 0.462. The summed E-state index contributed by atoms with van der Waals surface area (Å²) >= 11 is 1.57. The van der Waals surface area contributed by atoms with Crippen LogP contribution >= 0.6 is 11.3 Å². The van der Waals surface area contributed by atoms with Crippen molar-refractivity contribution in [2.45, 2.75) is 32.2 Å². The highest BCUT2D eigenvalue weighted by atomic mass is 32.1. The minimum Gasteiger partial charge on any atom is -0.396 e. The molecular weight excluding hydrogens is 278 g/mol. The zero-order valence-corrected chi connectivity index (χ0v) is 12.0. The van der Waals surface area contributed by atoms with Crippen LogP contribution < -0.4 is 5.32 Å². The van der Waals surface area contributed by atoms with Crippen molar-refractivity contribution in [1.29, 1.82) is 0 Å². The number of carbonyl (C=O) groups excluding carboxylic acids is 1. The Morgan fingerprint density at radius 1 is 1.60 bits per heavy atom. The molecule has 1 unspecified atom stereocenters. The second-order valence-corrected chi connectivity index (χ2v) is 5.28. The van der Waals surface area contributed by atoms with Crippen LogP contribution in [0.4, 0.5) is 0 Å². The molecule has 1 atom stereocenters. The van der Waals surface area contributed by atoms with Crippen LogP contribution in [0.2, 0.25) is 0 Å². The van der Waals surface area contributed by atoms with E-state index in [1.54, 1.807) is 11.3 Å². The molecule has 108 valence electrons. The molecule has 2 heterocycles. The summed E-state index contributed by atoms with van der Waals surface area (Å²) < 4.78 is 5.11. The largest absolute Gasteiger partial charge is 0.396 e. The first-order chi connectivity index (χ1) is 9.69. The van der Waals surface area contributed by atoms with Crippen molar-refractivity contribution in [3.8, 4) is 11.4 Å². The van der Waals surface area contributed by atoms with Crippen molar-refractivity contribution >= 4 is 17.2 Å². The van der Waals surface area contributed by atoms with E-state index in [-0.39, 0.29) is 18.6 Å². The summed E-state index contributed by atoms with van der Waals surface area (Å²) in [5, 5.41) is 19.3. The maximum atomic E-state index is 11.7. The number of aromatic nitrogens is 2. The van der Waals surface area contributed by atoms with Crippen molar-refractivity contribution in [3.63, 3.8) is 0 Å². The van der Waals surface area contributed by atoms with E-state index >= 15 is 0 Å². The monoisotopic (exact) mass is 295 g/mol. The maximum Gasteiger partial charge on any atom is 0.227 e. The normalized spacial score (nSPS) is 12.3. The van der Waals surface area contributed by atoms with Gasteiger partial charge in [0, 0.05) is 36.4 Å². The Kier molecular flexibility index (Phi) is 5.25. The number of hydrogen-bond donors (Lipinski definition) is 2. The van der Waals surface area contributed by atoms with Gasteiger partial charge in [-0.15, -0.1) is 0 Å². The average Bonchev–Trinajstić information content (AvgIpc) is 3.07. The third kappa shape index (κ3) is 4.14. The van der Waals surface area contributed by atoms with Crippen LogP contribution in [-0.4, -0.2) is 33.8 Å². The molecule has 0 spiro atoms. The fourth-order valence-electron chi connectivity index (χ4n) is 1.70. The number of hydrogen-bond acceptors (Lipinski definition) is 6. The van der Waals surface area contributed by atoms with Crippen molar-refractivity contribution in [1.82, 2.24) is 15.5 Å². The third-order valence-corrected chi connectivity index (χ3v) is 3.47. The zero-order valence-electron chi connectivity index (χ0n) is 11.2. The summed E-state index contributed by atoms with van der Waals surface area (Å²) in [4.78, 5) is 15.9. The molecule has 7 heteroatoms. The van der Waals surface area contributed by atoms with Gasteiger partial charge in [-0.25, -0.2) is 0 Å². The SMILES string of the molecule is CC(CCO)NC(=O)CCc1nc(-c2ccsc2)no1. The third-order valence-electron chi connectivity index (χ3n) is 2.78. The molecule has 6 nitrogen and oxygen atoms in total. The van der Waals surface area contributed by atoms with Crippen LogP contribution in [0.1, 0.15) is 25.7 Å². The second kappa shape index (κ2) is 7.16. The van der Waals surface area contributed by atoms with Crippen molar-refractivity contribution in [2.75, 3.05) is 6.61 Å². The van der Waals surface area contributed by atoms with Crippen LogP contribution in [0, 0.1) is 0 Å². The van der Waals surface area contributed by atoms with Gasteiger partial charge in [0.1, 0.15) is 0 Å². The summed E-state index contributed by atoms with van der Waals surface area (Å²) in [6.07, 6.45) is 1.25. The van der Waals surface area contributed by atoms with E-state index in [2.05, 4.69) is 15.5 Å². The first-order valence-corrected chi connectivity index (χ1v) is 7.38. The molecule has 0 saturated carbocycles. The van der Waals surface area contributed by atoms with Gasteiger partial charge in [-0.2, -0.15) is 16.3 Å². The summed E-state index contributed by atoms with van der Waals surface area (Å²) in [6, 6.07) is 1.89. The standard InChI is InChI=1S/C13H17N3O3S/c1-9(4-6-17)14-11(18)2-3-12-15-13(16-19-12)10-5-7-20-8-10/h5,7-9,17H,2-4,6H2,1H3,(H,14,18). The van der Waals surface area contributed by atoms with Gasteiger partial charge < -0.3 is 14.9 Å². The molecule has 0 saturated heterocycles. The van der Waals surface area contributed by atoms with Crippen LogP contribution in [0.5, 0.6) is 0 Å². The van der Waals surface area contributed by atoms with E-state index in [0.717, 1.165) is 5.56 Å². The molecule has 0 aliphatic carbocycles. The lowest BCUT2D eigenvalue weighted by Gasteiger charge is -2.11. The average molecular weight is 295 g/mol. The Hall–Kier alpha value is -1.73. The Morgan fingerprint density at radius 3 is 3.15 bits per heavy atom. The highest BCUT2D eigenvalue weighted by Crippen LogP contribution is 2.18. The molecule has 0 radical (unpaired) electrons. The Labute approximate surface area is 120 Å². The molecule has 0 aromatic carbocycles. The molecule has 2 N–H and O–H groups in total. The van der Waals surface area contributed by atoms with Crippen LogP contribution in [0.3, 0.4) is 0 Å². The quantitative estimate of drug-likeness (QED) is 0.810. The van der Waals surface area contributed by atoms with Crippen molar-refractivity contribution in [3.05, 3.63) is 22.7 Å². The summed E-state index contributed by atoms with van der Waals surface area (Å²) in [5.41, 5.74) is 0.922. The first kappa shape index (κ1) is 14.7. The van der Waals surface area contributed by atoms with Crippen molar-refractivity contribution in [2.24, 2.45) is 0 Å². The molecule has 2 rings (SSSR count). The van der Waals surface area contributed by atoms with E-state index in [0.29, 0.717) is 31.0 Å². The summed E-state index contributed by atoms with van der Waals surface area (Å²) in [7, 11) is 0. The van der Waals surface area contributed by atoms with Crippen LogP contribution in [0.25, 0.3) is 11.4 Å². The molecule has 0 bridgehead atoms. The number of aryl methyl sites for hydroxylation is 1. The first-order valence-electron chi connectivity index (χ1n) is 6.44. The number of thiophene rings is 1. The lowest BCUT2D eigenvalue weighted by molar-refractivity contribution is -0.121. The number of carbonyl (C=O) groups is 1. The van der Waals surface area contributed by atoms with E-state index in [1.165, 1.54) is 0 Å². The van der Waals surface area contributed by atoms with E-state index in [4.69, 9.17) is 9.63 Å². The van der Waals surface area contributed by atoms with Crippen LogP contribution in [-0.2, 0) is 11.2 Å². The predicted molar refractivity (Wildman–Crippen MR) is 75.2 cm³/mol. The molecule has 0 aliphatic heterocycles. The van der Waals surface area contributed by atoms with Gasteiger partial charge in [0.15, 0.2) is 0 Å². The second-order valence-electron chi connectivity index (χ2n) is 4.50. The Balaban J connectivity index is 1.81. The number of aliphatic hydroxyl groups excluding tert-OH is 1. The highest BCUT2D eigenvalue weighted by Gasteiger charge is 2.12. The highest BCUT2D eigenvalue weighted by molar-refractivity contribution is 7.08. The molecule has 0 aliphatic rings. The number of rotatable bonds is 7. The Morgan fingerprint density at radius 2 is 2.45 bits per heavy atom. The number of nitrogens with zero attached hydrogens (tertiary/aromatic N) is 2. The van der Waals surface area contributed by atoms with E-state index in [1.807, 2.05) is 23.8 Å². The minimum atomic E-state index is -0.0822. The zero-order chi connectivity index (χ0) is 14.4. The predicted octanol–water partition coefficient (Wildman–Crippen LogP) is 1.62. The smallest absolute Gasteiger partial charge is 0.227 e. The summed E-state index contributed by atoms with van der Waals surface area (Å²) in [6.45, 7) is 1.92. The molecule has 2 aromatic rings. The van der Waals surface area contributed by atoms with E-state index in [9.17, 15) is 4.79 Å². The Bertz CT molecular complexity index is 539. The molecule has 2 aromatic heterocycles. The fourth-order valence-corrected chi connectivity index (χ4v) is 2.33. The summed E-state index contributed by atoms with van der Waals surface area (Å²) in [5.74, 6) is 0.924. The maximum absolute atomic E-state index is 11.7. The van der Waals surface area contributed by atoms with Gasteiger partial charge in [0.2, 0.25) is 17.6 Å². The van der Waals surface area contributed by atoms with E-state index < -0.39 is 0 Å². The lowest BCUT2D eigenvalue weighted by Crippen LogP contribution is -2.33.